The first-order chi connectivity index (χ1) is 12.1. The molecule has 0 atom stereocenters. The zero-order valence-electron chi connectivity index (χ0n) is 14.5. The molecule has 0 saturated carbocycles. The molecular formula is C18H19N3O4. The molecule has 1 aromatic carbocycles. The summed E-state index contributed by atoms with van der Waals surface area (Å²) >= 11 is 0. The lowest BCUT2D eigenvalue weighted by Crippen LogP contribution is -2.01. The summed E-state index contributed by atoms with van der Waals surface area (Å²) in [4.78, 5) is 8.61. The summed E-state index contributed by atoms with van der Waals surface area (Å²) in [5, 5.41) is 10.8. The zero-order valence-corrected chi connectivity index (χ0v) is 14.5. The molecule has 0 spiro atoms. The molecule has 0 amide bonds. The second kappa shape index (κ2) is 6.72. The van der Waals surface area contributed by atoms with Crippen LogP contribution in [-0.2, 0) is 0 Å². The number of benzene rings is 1. The van der Waals surface area contributed by atoms with E-state index in [9.17, 15) is 5.21 Å². The number of hydrogen-bond acceptors (Lipinski definition) is 6. The number of nitrogens with zero attached hydrogens (tertiary/aromatic N) is 3. The van der Waals surface area contributed by atoms with Gasteiger partial charge in [-0.2, -0.15) is 4.73 Å². The van der Waals surface area contributed by atoms with Gasteiger partial charge < -0.3 is 19.4 Å². The molecule has 0 saturated heterocycles. The van der Waals surface area contributed by atoms with E-state index >= 15 is 0 Å². The van der Waals surface area contributed by atoms with Crippen molar-refractivity contribution in [1.82, 2.24) is 14.7 Å². The van der Waals surface area contributed by atoms with Gasteiger partial charge in [0.05, 0.1) is 27.0 Å². The van der Waals surface area contributed by atoms with Crippen LogP contribution in [0.15, 0.2) is 36.7 Å². The van der Waals surface area contributed by atoms with E-state index in [1.807, 2.05) is 13.0 Å². The normalized spacial score (nSPS) is 10.6. The number of ether oxygens (including phenoxy) is 3. The average Bonchev–Trinajstić information content (AvgIpc) is 2.94. The van der Waals surface area contributed by atoms with Gasteiger partial charge in [-0.25, -0.2) is 4.98 Å². The predicted molar refractivity (Wildman–Crippen MR) is 92.5 cm³/mol. The highest BCUT2D eigenvalue weighted by molar-refractivity contribution is 5.77. The second-order valence-corrected chi connectivity index (χ2v) is 5.33. The number of imidazole rings is 1. The molecule has 0 aliphatic heterocycles. The summed E-state index contributed by atoms with van der Waals surface area (Å²) in [5.74, 6) is 1.86. The third-order valence-electron chi connectivity index (χ3n) is 3.90. The van der Waals surface area contributed by atoms with E-state index in [0.29, 0.717) is 40.0 Å². The van der Waals surface area contributed by atoms with Gasteiger partial charge in [-0.3, -0.25) is 4.98 Å². The highest BCUT2D eigenvalue weighted by atomic mass is 16.5. The van der Waals surface area contributed by atoms with Crippen LogP contribution in [0.3, 0.4) is 0 Å². The van der Waals surface area contributed by atoms with Gasteiger partial charge in [-0.1, -0.05) is 0 Å². The molecule has 3 aromatic rings. The average molecular weight is 341 g/mol. The molecule has 3 rings (SSSR count). The van der Waals surface area contributed by atoms with Crippen LogP contribution in [0.5, 0.6) is 17.2 Å². The Hall–Kier alpha value is -3.22. The molecule has 1 N–H and O–H groups in total. The molecule has 7 heteroatoms. The van der Waals surface area contributed by atoms with Crippen LogP contribution >= 0.6 is 0 Å². The number of methoxy groups -OCH3 is 3. The Morgan fingerprint density at radius 2 is 1.72 bits per heavy atom. The Morgan fingerprint density at radius 1 is 1.04 bits per heavy atom. The van der Waals surface area contributed by atoms with Crippen molar-refractivity contribution in [3.05, 3.63) is 42.4 Å². The fourth-order valence-corrected chi connectivity index (χ4v) is 2.74. The molecule has 7 nitrogen and oxygen atoms in total. The summed E-state index contributed by atoms with van der Waals surface area (Å²) in [6.07, 6.45) is 3.34. The number of aryl methyl sites for hydroxylation is 1. The van der Waals surface area contributed by atoms with Gasteiger partial charge in [0.25, 0.3) is 0 Å². The minimum atomic E-state index is 0.313. The van der Waals surface area contributed by atoms with Crippen molar-refractivity contribution in [1.29, 1.82) is 0 Å². The highest BCUT2D eigenvalue weighted by Crippen LogP contribution is 2.42. The van der Waals surface area contributed by atoms with Crippen molar-refractivity contribution < 1.29 is 19.4 Å². The third kappa shape index (κ3) is 2.84. The fourth-order valence-electron chi connectivity index (χ4n) is 2.74. The van der Waals surface area contributed by atoms with Crippen molar-refractivity contribution in [3.8, 4) is 39.9 Å². The second-order valence-electron chi connectivity index (χ2n) is 5.33. The molecular weight excluding hydrogens is 322 g/mol. The van der Waals surface area contributed by atoms with Crippen LogP contribution in [0.4, 0.5) is 0 Å². The van der Waals surface area contributed by atoms with E-state index in [2.05, 4.69) is 9.97 Å². The first-order valence-electron chi connectivity index (χ1n) is 7.60. The first kappa shape index (κ1) is 16.6. The van der Waals surface area contributed by atoms with Gasteiger partial charge in [0.15, 0.2) is 5.82 Å². The van der Waals surface area contributed by atoms with Crippen LogP contribution in [0.2, 0.25) is 0 Å². The minimum Gasteiger partial charge on any atom is -0.496 e. The molecule has 0 bridgehead atoms. The van der Waals surface area contributed by atoms with E-state index in [1.54, 1.807) is 37.7 Å². The van der Waals surface area contributed by atoms with Gasteiger partial charge in [-0.15, -0.1) is 0 Å². The lowest BCUT2D eigenvalue weighted by molar-refractivity contribution is 0.194. The molecule has 25 heavy (non-hydrogen) atoms. The summed E-state index contributed by atoms with van der Waals surface area (Å²) in [6, 6.07) is 7.09. The van der Waals surface area contributed by atoms with Crippen molar-refractivity contribution in [2.24, 2.45) is 0 Å². The molecule has 0 unspecified atom stereocenters. The third-order valence-corrected chi connectivity index (χ3v) is 3.90. The standard InChI is InChI=1S/C18H19N3O4/c1-11-17(12-6-5-7-19-10-12)21(22)18(20-11)16-14(24-3)8-13(23-2)9-15(16)25-4/h5-10,22H,1-4H3. The van der Waals surface area contributed by atoms with Gasteiger partial charge in [0.2, 0.25) is 0 Å². The maximum absolute atomic E-state index is 10.8. The number of rotatable bonds is 5. The predicted octanol–water partition coefficient (Wildman–Crippen LogP) is 3.18. The lowest BCUT2D eigenvalue weighted by atomic mass is 10.1. The molecule has 0 aliphatic carbocycles. The zero-order chi connectivity index (χ0) is 18.0. The van der Waals surface area contributed by atoms with E-state index in [0.717, 1.165) is 10.3 Å². The van der Waals surface area contributed by atoms with Gasteiger partial charge in [0.1, 0.15) is 28.5 Å². The quantitative estimate of drug-likeness (QED) is 0.718. The van der Waals surface area contributed by atoms with E-state index in [-0.39, 0.29) is 0 Å². The van der Waals surface area contributed by atoms with Crippen molar-refractivity contribution in [3.63, 3.8) is 0 Å². The maximum Gasteiger partial charge on any atom is 0.183 e. The largest absolute Gasteiger partial charge is 0.496 e. The Morgan fingerprint density at radius 3 is 2.24 bits per heavy atom. The molecule has 0 fully saturated rings. The molecule has 0 radical (unpaired) electrons. The number of pyridine rings is 1. The van der Waals surface area contributed by atoms with Crippen LogP contribution in [-0.4, -0.2) is 41.2 Å². The number of hydrogen-bond donors (Lipinski definition) is 1. The maximum atomic E-state index is 10.8. The van der Waals surface area contributed by atoms with Crippen molar-refractivity contribution in [2.75, 3.05) is 21.3 Å². The van der Waals surface area contributed by atoms with Crippen LogP contribution in [0.25, 0.3) is 22.6 Å². The lowest BCUT2D eigenvalue weighted by Gasteiger charge is -2.14. The Balaban J connectivity index is 2.25. The van der Waals surface area contributed by atoms with E-state index < -0.39 is 0 Å². The molecule has 2 aromatic heterocycles. The fraction of sp³-hybridized carbons (Fsp3) is 0.222. The van der Waals surface area contributed by atoms with E-state index in [4.69, 9.17) is 14.2 Å². The summed E-state index contributed by atoms with van der Waals surface area (Å²) in [6.45, 7) is 1.82. The van der Waals surface area contributed by atoms with Crippen molar-refractivity contribution >= 4 is 0 Å². The van der Waals surface area contributed by atoms with Gasteiger partial charge in [-0.05, 0) is 19.1 Å². The SMILES string of the molecule is COc1cc(OC)c(-c2nc(C)c(-c3cccnc3)n2O)c(OC)c1. The van der Waals surface area contributed by atoms with E-state index in [1.165, 1.54) is 14.2 Å². The Kier molecular flexibility index (Phi) is 4.47. The molecule has 0 aliphatic rings. The summed E-state index contributed by atoms with van der Waals surface area (Å²) in [7, 11) is 4.64. The smallest absolute Gasteiger partial charge is 0.183 e. The molecule has 130 valence electrons. The summed E-state index contributed by atoms with van der Waals surface area (Å²) in [5.41, 5.74) is 2.51. The monoisotopic (exact) mass is 341 g/mol. The molecule has 2 heterocycles. The Labute approximate surface area is 145 Å². The topological polar surface area (TPSA) is 78.6 Å². The number of aromatic nitrogens is 3. The van der Waals surface area contributed by atoms with Gasteiger partial charge in [0, 0.05) is 30.1 Å². The Bertz CT molecular complexity index is 866. The van der Waals surface area contributed by atoms with Crippen molar-refractivity contribution in [2.45, 2.75) is 6.92 Å². The van der Waals surface area contributed by atoms with Gasteiger partial charge >= 0.3 is 0 Å². The highest BCUT2D eigenvalue weighted by Gasteiger charge is 2.24. The first-order valence-corrected chi connectivity index (χ1v) is 7.60. The van der Waals surface area contributed by atoms with Crippen LogP contribution in [0.1, 0.15) is 5.69 Å². The van der Waals surface area contributed by atoms with Crippen LogP contribution in [0, 0.1) is 6.92 Å². The van der Waals surface area contributed by atoms with Crippen LogP contribution < -0.4 is 14.2 Å². The summed E-state index contributed by atoms with van der Waals surface area (Å²) < 4.78 is 17.2. The minimum absolute atomic E-state index is 0.313.